The summed E-state index contributed by atoms with van der Waals surface area (Å²) in [7, 11) is 2.74. The fraction of sp³-hybridized carbons (Fsp3) is 0.667. The van der Waals surface area contributed by atoms with Crippen molar-refractivity contribution in [1.82, 2.24) is 0 Å². The minimum absolute atomic E-state index is 0.727. The van der Waals surface area contributed by atoms with Crippen LogP contribution < -0.4 is 19.5 Å². The van der Waals surface area contributed by atoms with E-state index in [9.17, 15) is 0 Å². The lowest BCUT2D eigenvalue weighted by Gasteiger charge is -2.16. The molecule has 0 N–H and O–H groups in total. The molecule has 0 heterocycles. The quantitative estimate of drug-likeness (QED) is 0.411. The summed E-state index contributed by atoms with van der Waals surface area (Å²) in [6.07, 6.45) is 6.54. The Kier molecular flexibility index (Phi) is 10.1. The maximum atomic E-state index is 5.89. The van der Waals surface area contributed by atoms with Gasteiger partial charge in [0.25, 0.3) is 0 Å². The molecule has 3 nitrogen and oxygen atoms in total. The highest BCUT2D eigenvalue weighted by atomic mass is 31.0. The number of hydrogen-bond donors (Lipinski definition) is 0. The van der Waals surface area contributed by atoms with Crippen molar-refractivity contribution in [1.29, 1.82) is 0 Å². The Hall–Kier alpha value is -0.950. The second kappa shape index (κ2) is 11.6. The average molecular weight is 326 g/mol. The fourth-order valence-electron chi connectivity index (χ4n) is 1.89. The molecule has 0 saturated carbocycles. The van der Waals surface area contributed by atoms with Crippen LogP contribution in [0.4, 0.5) is 0 Å². The molecular weight excluding hydrogens is 295 g/mol. The first-order chi connectivity index (χ1) is 10.7. The van der Waals surface area contributed by atoms with Crippen molar-refractivity contribution in [2.45, 2.75) is 59.3 Å². The Morgan fingerprint density at radius 2 is 1.14 bits per heavy atom. The van der Waals surface area contributed by atoms with Gasteiger partial charge in [-0.1, -0.05) is 49.3 Å². The molecule has 126 valence electrons. The van der Waals surface area contributed by atoms with Gasteiger partial charge in [-0.2, -0.15) is 0 Å². The van der Waals surface area contributed by atoms with Crippen LogP contribution in [-0.4, -0.2) is 19.8 Å². The molecule has 1 aromatic rings. The number of unbranched alkanes of at least 4 members (excludes halogenated alkanes) is 3. The lowest BCUT2D eigenvalue weighted by atomic mass is 10.3. The van der Waals surface area contributed by atoms with Gasteiger partial charge in [-0.05, 0) is 19.3 Å². The predicted octanol–water partition coefficient (Wildman–Crippen LogP) is 4.72. The van der Waals surface area contributed by atoms with E-state index in [1.54, 1.807) is 0 Å². The Balaban J connectivity index is 2.81. The Morgan fingerprint density at radius 3 is 1.55 bits per heavy atom. The van der Waals surface area contributed by atoms with Crippen molar-refractivity contribution in [3.05, 3.63) is 12.1 Å². The summed E-state index contributed by atoms with van der Waals surface area (Å²) in [5, 5.41) is 0.982. The van der Waals surface area contributed by atoms with E-state index in [0.29, 0.717) is 0 Å². The van der Waals surface area contributed by atoms with E-state index in [2.05, 4.69) is 30.0 Å². The molecule has 22 heavy (non-hydrogen) atoms. The van der Waals surface area contributed by atoms with Gasteiger partial charge in [0.05, 0.1) is 25.1 Å². The zero-order chi connectivity index (χ0) is 16.2. The first-order valence-corrected chi connectivity index (χ1v) is 9.12. The molecule has 1 atom stereocenters. The summed E-state index contributed by atoms with van der Waals surface area (Å²) >= 11 is 0. The van der Waals surface area contributed by atoms with E-state index in [4.69, 9.17) is 14.2 Å². The Bertz CT molecular complexity index is 390. The topological polar surface area (TPSA) is 27.7 Å². The lowest BCUT2D eigenvalue weighted by molar-refractivity contribution is 0.283. The number of hydrogen-bond acceptors (Lipinski definition) is 3. The smallest absolute Gasteiger partial charge is 0.133 e. The molecule has 1 unspecified atom stereocenters. The molecule has 0 saturated heterocycles. The van der Waals surface area contributed by atoms with Gasteiger partial charge in [0.2, 0.25) is 0 Å². The zero-order valence-electron chi connectivity index (χ0n) is 14.3. The van der Waals surface area contributed by atoms with Gasteiger partial charge in [-0.25, -0.2) is 0 Å². The van der Waals surface area contributed by atoms with Crippen LogP contribution in [0.1, 0.15) is 59.3 Å². The van der Waals surface area contributed by atoms with E-state index < -0.39 is 0 Å². The van der Waals surface area contributed by atoms with Crippen molar-refractivity contribution in [2.75, 3.05) is 19.8 Å². The van der Waals surface area contributed by atoms with Crippen LogP contribution in [-0.2, 0) is 0 Å². The maximum Gasteiger partial charge on any atom is 0.133 e. The normalized spacial score (nSPS) is 10.5. The van der Waals surface area contributed by atoms with Gasteiger partial charge in [-0.15, -0.1) is 0 Å². The van der Waals surface area contributed by atoms with Gasteiger partial charge in [0.15, 0.2) is 0 Å². The second-order valence-electron chi connectivity index (χ2n) is 5.44. The van der Waals surface area contributed by atoms with Gasteiger partial charge in [0.1, 0.15) is 17.2 Å². The van der Waals surface area contributed by atoms with E-state index in [-0.39, 0.29) is 0 Å². The number of ether oxygens (including phenoxy) is 3. The third-order valence-corrected chi connectivity index (χ3v) is 3.92. The summed E-state index contributed by atoms with van der Waals surface area (Å²) < 4.78 is 17.6. The van der Waals surface area contributed by atoms with E-state index in [0.717, 1.165) is 80.9 Å². The van der Waals surface area contributed by atoms with Crippen LogP contribution >= 0.6 is 9.24 Å². The van der Waals surface area contributed by atoms with Crippen LogP contribution in [0.2, 0.25) is 0 Å². The minimum Gasteiger partial charge on any atom is -0.493 e. The number of benzene rings is 1. The van der Waals surface area contributed by atoms with Crippen molar-refractivity contribution >= 4 is 14.5 Å². The lowest BCUT2D eigenvalue weighted by Crippen LogP contribution is -2.10. The largest absolute Gasteiger partial charge is 0.493 e. The van der Waals surface area contributed by atoms with Gasteiger partial charge >= 0.3 is 0 Å². The second-order valence-corrected chi connectivity index (χ2v) is 6.02. The van der Waals surface area contributed by atoms with Crippen molar-refractivity contribution < 1.29 is 14.2 Å². The molecule has 0 radical (unpaired) electrons. The molecule has 1 rings (SSSR count). The maximum absolute atomic E-state index is 5.89. The van der Waals surface area contributed by atoms with Gasteiger partial charge < -0.3 is 14.2 Å². The van der Waals surface area contributed by atoms with E-state index >= 15 is 0 Å². The Morgan fingerprint density at radius 1 is 0.727 bits per heavy atom. The molecule has 1 aromatic carbocycles. The highest BCUT2D eigenvalue weighted by molar-refractivity contribution is 7.28. The molecule has 0 aliphatic rings. The third-order valence-electron chi connectivity index (χ3n) is 3.36. The first kappa shape index (κ1) is 19.1. The summed E-state index contributed by atoms with van der Waals surface area (Å²) in [4.78, 5) is 0. The van der Waals surface area contributed by atoms with Crippen LogP contribution in [0.5, 0.6) is 17.2 Å². The average Bonchev–Trinajstić information content (AvgIpc) is 2.52. The summed E-state index contributed by atoms with van der Waals surface area (Å²) in [5.41, 5.74) is 0. The van der Waals surface area contributed by atoms with Crippen molar-refractivity contribution in [3.8, 4) is 17.2 Å². The fourth-order valence-corrected chi connectivity index (χ4v) is 2.22. The first-order valence-electron chi connectivity index (χ1n) is 8.54. The van der Waals surface area contributed by atoms with Crippen LogP contribution in [0, 0.1) is 0 Å². The standard InChI is InChI=1S/C18H31O3P/c1-4-7-10-19-15-13-16(20-11-8-5-2)18(22)17(14-15)21-12-9-6-3/h13-14H,4-12,22H2,1-3H3. The monoisotopic (exact) mass is 326 g/mol. The highest BCUT2D eigenvalue weighted by Gasteiger charge is 2.11. The molecule has 0 amide bonds. The molecule has 0 aliphatic carbocycles. The summed E-state index contributed by atoms with van der Waals surface area (Å²) in [6.45, 7) is 8.67. The Labute approximate surface area is 137 Å². The summed E-state index contributed by atoms with van der Waals surface area (Å²) in [6, 6.07) is 3.95. The molecule has 0 spiro atoms. The predicted molar refractivity (Wildman–Crippen MR) is 97.0 cm³/mol. The summed E-state index contributed by atoms with van der Waals surface area (Å²) in [5.74, 6) is 2.52. The van der Waals surface area contributed by atoms with Gasteiger partial charge in [-0.3, -0.25) is 0 Å². The van der Waals surface area contributed by atoms with E-state index in [1.165, 1.54) is 0 Å². The zero-order valence-corrected chi connectivity index (χ0v) is 15.5. The van der Waals surface area contributed by atoms with Crippen LogP contribution in [0.15, 0.2) is 12.1 Å². The van der Waals surface area contributed by atoms with Crippen molar-refractivity contribution in [3.63, 3.8) is 0 Å². The van der Waals surface area contributed by atoms with Crippen molar-refractivity contribution in [2.24, 2.45) is 0 Å². The van der Waals surface area contributed by atoms with Crippen LogP contribution in [0.25, 0.3) is 0 Å². The number of rotatable bonds is 12. The van der Waals surface area contributed by atoms with Gasteiger partial charge in [0, 0.05) is 12.1 Å². The third kappa shape index (κ3) is 6.87. The highest BCUT2D eigenvalue weighted by Crippen LogP contribution is 2.28. The van der Waals surface area contributed by atoms with E-state index in [1.807, 2.05) is 12.1 Å². The SMILES string of the molecule is CCCCOc1cc(OCCCC)c(P)c(OCCCC)c1. The van der Waals surface area contributed by atoms with Crippen LogP contribution in [0.3, 0.4) is 0 Å². The molecule has 0 aliphatic heterocycles. The molecule has 0 bridgehead atoms. The molecule has 0 fully saturated rings. The molecular formula is C18H31O3P. The molecule has 0 aromatic heterocycles. The minimum atomic E-state index is 0.727. The molecule has 4 heteroatoms.